The predicted molar refractivity (Wildman–Crippen MR) is 101 cm³/mol. The standard InChI is InChI=1S/C19H13BrF3N3O/c20-14-4-6-15(7-5-14)25-16-8-3-13(19(21,22)23)10-17(16)26-18(27)12-2-1-9-24-11-12/h1-11,25H,(H,26,27). The van der Waals surface area contributed by atoms with E-state index in [1.54, 1.807) is 30.3 Å². The third-order valence-corrected chi connectivity index (χ3v) is 4.17. The maximum absolute atomic E-state index is 13.1. The number of amides is 1. The van der Waals surface area contributed by atoms with Gasteiger partial charge in [-0.25, -0.2) is 0 Å². The van der Waals surface area contributed by atoms with Crippen LogP contribution in [0.4, 0.5) is 30.2 Å². The van der Waals surface area contributed by atoms with E-state index in [0.29, 0.717) is 11.4 Å². The fourth-order valence-corrected chi connectivity index (χ4v) is 2.58. The first-order valence-electron chi connectivity index (χ1n) is 7.78. The van der Waals surface area contributed by atoms with Gasteiger partial charge in [-0.2, -0.15) is 13.2 Å². The van der Waals surface area contributed by atoms with Crippen molar-refractivity contribution in [1.29, 1.82) is 0 Å². The lowest BCUT2D eigenvalue weighted by molar-refractivity contribution is -0.137. The molecule has 2 aromatic carbocycles. The molecule has 3 rings (SSSR count). The van der Waals surface area contributed by atoms with E-state index >= 15 is 0 Å². The minimum absolute atomic E-state index is 0.0154. The van der Waals surface area contributed by atoms with Crippen LogP contribution in [0.1, 0.15) is 15.9 Å². The second-order valence-corrected chi connectivity index (χ2v) is 6.50. The zero-order valence-electron chi connectivity index (χ0n) is 13.7. The van der Waals surface area contributed by atoms with E-state index in [9.17, 15) is 18.0 Å². The summed E-state index contributed by atoms with van der Waals surface area (Å²) in [5.41, 5.74) is 0.397. The van der Waals surface area contributed by atoms with Gasteiger partial charge < -0.3 is 10.6 Å². The fraction of sp³-hybridized carbons (Fsp3) is 0.0526. The molecule has 3 aromatic rings. The van der Waals surface area contributed by atoms with Crippen molar-refractivity contribution in [2.24, 2.45) is 0 Å². The van der Waals surface area contributed by atoms with Gasteiger partial charge in [0.1, 0.15) is 0 Å². The Morgan fingerprint density at radius 1 is 1.00 bits per heavy atom. The van der Waals surface area contributed by atoms with Crippen LogP contribution >= 0.6 is 15.9 Å². The quantitative estimate of drug-likeness (QED) is 0.539. The number of alkyl halides is 3. The normalized spacial score (nSPS) is 11.1. The van der Waals surface area contributed by atoms with E-state index in [1.165, 1.54) is 24.5 Å². The first-order valence-corrected chi connectivity index (χ1v) is 8.57. The summed E-state index contributed by atoms with van der Waals surface area (Å²) >= 11 is 3.32. The molecule has 8 heteroatoms. The molecular formula is C19H13BrF3N3O. The number of rotatable bonds is 4. The Bertz CT molecular complexity index is 945. The molecule has 0 radical (unpaired) electrons. The molecule has 1 heterocycles. The van der Waals surface area contributed by atoms with Crippen molar-refractivity contribution in [2.45, 2.75) is 6.18 Å². The monoisotopic (exact) mass is 435 g/mol. The van der Waals surface area contributed by atoms with Crippen LogP contribution in [-0.4, -0.2) is 10.9 Å². The molecule has 0 aliphatic rings. The Balaban J connectivity index is 1.94. The second-order valence-electron chi connectivity index (χ2n) is 5.59. The van der Waals surface area contributed by atoms with Crippen LogP contribution in [0.2, 0.25) is 0 Å². The van der Waals surface area contributed by atoms with E-state index in [0.717, 1.165) is 16.6 Å². The summed E-state index contributed by atoms with van der Waals surface area (Å²) in [5.74, 6) is -0.554. The number of hydrogen-bond donors (Lipinski definition) is 2. The van der Waals surface area contributed by atoms with Gasteiger partial charge in [0.25, 0.3) is 5.91 Å². The van der Waals surface area contributed by atoms with E-state index in [-0.39, 0.29) is 11.3 Å². The number of carbonyl (C=O) groups excluding carboxylic acids is 1. The molecule has 1 aromatic heterocycles. The SMILES string of the molecule is O=C(Nc1cc(C(F)(F)F)ccc1Nc1ccc(Br)cc1)c1cccnc1. The minimum Gasteiger partial charge on any atom is -0.354 e. The molecule has 0 bridgehead atoms. The molecule has 27 heavy (non-hydrogen) atoms. The molecule has 0 fully saturated rings. The summed E-state index contributed by atoms with van der Waals surface area (Å²) in [5, 5.41) is 5.54. The van der Waals surface area contributed by atoms with Crippen molar-refractivity contribution in [3.8, 4) is 0 Å². The minimum atomic E-state index is -4.52. The molecule has 0 atom stereocenters. The Kier molecular flexibility index (Phi) is 5.46. The number of anilines is 3. The molecule has 4 nitrogen and oxygen atoms in total. The molecule has 1 amide bonds. The lowest BCUT2D eigenvalue weighted by atomic mass is 10.1. The highest BCUT2D eigenvalue weighted by Crippen LogP contribution is 2.35. The van der Waals surface area contributed by atoms with Crippen molar-refractivity contribution in [1.82, 2.24) is 4.98 Å². The highest BCUT2D eigenvalue weighted by molar-refractivity contribution is 9.10. The molecule has 138 valence electrons. The van der Waals surface area contributed by atoms with Crippen LogP contribution in [0.25, 0.3) is 0 Å². The molecule has 0 saturated carbocycles. The smallest absolute Gasteiger partial charge is 0.354 e. The highest BCUT2D eigenvalue weighted by Gasteiger charge is 2.31. The maximum atomic E-state index is 13.1. The molecule has 0 aliphatic heterocycles. The Morgan fingerprint density at radius 2 is 1.74 bits per heavy atom. The molecule has 0 aliphatic carbocycles. The van der Waals surface area contributed by atoms with Gasteiger partial charge >= 0.3 is 6.18 Å². The number of benzene rings is 2. The Morgan fingerprint density at radius 3 is 2.37 bits per heavy atom. The number of aromatic nitrogens is 1. The molecule has 2 N–H and O–H groups in total. The summed E-state index contributed by atoms with van der Waals surface area (Å²) in [6.07, 6.45) is -1.68. The second kappa shape index (κ2) is 7.79. The van der Waals surface area contributed by atoms with Gasteiger partial charge in [0, 0.05) is 22.6 Å². The maximum Gasteiger partial charge on any atom is 0.416 e. The highest BCUT2D eigenvalue weighted by atomic mass is 79.9. The van der Waals surface area contributed by atoms with Gasteiger partial charge in [-0.15, -0.1) is 0 Å². The molecule has 0 spiro atoms. The molecular weight excluding hydrogens is 423 g/mol. The van der Waals surface area contributed by atoms with E-state index in [2.05, 4.69) is 31.5 Å². The zero-order chi connectivity index (χ0) is 19.4. The van der Waals surface area contributed by atoms with Crippen LogP contribution in [0.5, 0.6) is 0 Å². The van der Waals surface area contributed by atoms with Crippen LogP contribution < -0.4 is 10.6 Å². The Hall–Kier alpha value is -2.87. The van der Waals surface area contributed by atoms with Gasteiger partial charge in [0.15, 0.2) is 0 Å². The average Bonchev–Trinajstić information content (AvgIpc) is 2.64. The van der Waals surface area contributed by atoms with Crippen molar-refractivity contribution < 1.29 is 18.0 Å². The van der Waals surface area contributed by atoms with Crippen LogP contribution in [-0.2, 0) is 6.18 Å². The molecule has 0 unspecified atom stereocenters. The van der Waals surface area contributed by atoms with E-state index < -0.39 is 17.6 Å². The third-order valence-electron chi connectivity index (χ3n) is 3.64. The van der Waals surface area contributed by atoms with E-state index in [1.807, 2.05) is 0 Å². The lowest BCUT2D eigenvalue weighted by Gasteiger charge is -2.16. The zero-order valence-corrected chi connectivity index (χ0v) is 15.3. The van der Waals surface area contributed by atoms with Gasteiger partial charge in [-0.3, -0.25) is 9.78 Å². The lowest BCUT2D eigenvalue weighted by Crippen LogP contribution is -2.14. The first-order chi connectivity index (χ1) is 12.8. The molecule has 0 saturated heterocycles. The first kappa shape index (κ1) is 18.9. The Labute approximate surface area is 161 Å². The van der Waals surface area contributed by atoms with Crippen molar-refractivity contribution in [2.75, 3.05) is 10.6 Å². The van der Waals surface area contributed by atoms with Crippen molar-refractivity contribution in [3.63, 3.8) is 0 Å². The largest absolute Gasteiger partial charge is 0.416 e. The van der Waals surface area contributed by atoms with Crippen LogP contribution in [0.15, 0.2) is 71.5 Å². The summed E-state index contributed by atoms with van der Waals surface area (Å²) < 4.78 is 40.1. The number of nitrogens with one attached hydrogen (secondary N) is 2. The number of nitrogens with zero attached hydrogens (tertiary/aromatic N) is 1. The van der Waals surface area contributed by atoms with Crippen molar-refractivity contribution in [3.05, 3.63) is 82.6 Å². The van der Waals surface area contributed by atoms with Crippen LogP contribution in [0, 0.1) is 0 Å². The number of halogens is 4. The van der Waals surface area contributed by atoms with Crippen LogP contribution in [0.3, 0.4) is 0 Å². The van der Waals surface area contributed by atoms with E-state index in [4.69, 9.17) is 0 Å². The van der Waals surface area contributed by atoms with Gasteiger partial charge in [0.2, 0.25) is 0 Å². The number of carbonyl (C=O) groups is 1. The number of hydrogen-bond acceptors (Lipinski definition) is 3. The number of pyridine rings is 1. The third kappa shape index (κ3) is 4.85. The summed E-state index contributed by atoms with van der Waals surface area (Å²) in [6.45, 7) is 0. The summed E-state index contributed by atoms with van der Waals surface area (Å²) in [6, 6.07) is 13.3. The summed E-state index contributed by atoms with van der Waals surface area (Å²) in [4.78, 5) is 16.2. The average molecular weight is 436 g/mol. The fourth-order valence-electron chi connectivity index (χ4n) is 2.31. The predicted octanol–water partition coefficient (Wildman–Crippen LogP) is 5.86. The summed E-state index contributed by atoms with van der Waals surface area (Å²) in [7, 11) is 0. The van der Waals surface area contributed by atoms with Gasteiger partial charge in [0.05, 0.1) is 22.5 Å². The van der Waals surface area contributed by atoms with Gasteiger partial charge in [-0.1, -0.05) is 15.9 Å². The van der Waals surface area contributed by atoms with Gasteiger partial charge in [-0.05, 0) is 54.6 Å². The van der Waals surface area contributed by atoms with Crippen molar-refractivity contribution >= 4 is 38.9 Å². The topological polar surface area (TPSA) is 54.0 Å².